The predicted octanol–water partition coefficient (Wildman–Crippen LogP) is 13.4. The average molecular weight is 842 g/mol. The second-order valence-corrected chi connectivity index (χ2v) is 17.6. The fourth-order valence-corrected chi connectivity index (χ4v) is 11.4. The van der Waals surface area contributed by atoms with Gasteiger partial charge in [0.2, 0.25) is 0 Å². The summed E-state index contributed by atoms with van der Waals surface area (Å²) in [6.45, 7) is -0.200. The van der Waals surface area contributed by atoms with Crippen molar-refractivity contribution in [3.63, 3.8) is 0 Å². The van der Waals surface area contributed by atoms with Gasteiger partial charge in [0.1, 0.15) is 23.0 Å². The van der Waals surface area contributed by atoms with Gasteiger partial charge in [-0.2, -0.15) is 0 Å². The van der Waals surface area contributed by atoms with Gasteiger partial charge in [0.05, 0.1) is 38.5 Å². The van der Waals surface area contributed by atoms with Crippen LogP contribution in [-0.4, -0.2) is 20.4 Å². The zero-order valence-corrected chi connectivity index (χ0v) is 35.5. The topological polar surface area (TPSA) is 33.2 Å². The van der Waals surface area contributed by atoms with Crippen LogP contribution in [0.2, 0.25) is 0 Å². The van der Waals surface area contributed by atoms with Crippen molar-refractivity contribution in [1.29, 1.82) is 0 Å². The summed E-state index contributed by atoms with van der Waals surface area (Å²) >= 11 is 0. The van der Waals surface area contributed by atoms with E-state index in [1.54, 1.807) is 0 Å². The largest absolute Gasteiger partial charge is 0.456 e. The molecule has 0 atom stereocenters. The first-order chi connectivity index (χ1) is 32.8. The third kappa shape index (κ3) is 4.79. The molecule has 0 bridgehead atoms. The number of fused-ring (bicyclic) bond motifs is 16. The lowest BCUT2D eigenvalue weighted by molar-refractivity contribution is 0.472. The first kappa shape index (κ1) is 35.7. The van der Waals surface area contributed by atoms with Crippen LogP contribution in [0.15, 0.2) is 218 Å². The highest BCUT2D eigenvalue weighted by Gasteiger charge is 2.44. The van der Waals surface area contributed by atoms with Crippen LogP contribution < -0.4 is 25.9 Å². The van der Waals surface area contributed by atoms with Gasteiger partial charge in [0, 0.05) is 55.5 Å². The molecule has 3 aromatic heterocycles. The third-order valence-electron chi connectivity index (χ3n) is 14.1. The molecule has 2 aliphatic heterocycles. The number of hydrogen-bond acceptors (Lipinski definition) is 2. The number of para-hydroxylation sites is 5. The van der Waals surface area contributed by atoms with Crippen LogP contribution in [0, 0.1) is 0 Å². The zero-order chi connectivity index (χ0) is 43.0. The molecule has 66 heavy (non-hydrogen) atoms. The smallest absolute Gasteiger partial charge is 0.260 e. The number of benzene rings is 10. The van der Waals surface area contributed by atoms with Crippen LogP contribution in [0.25, 0.3) is 93.6 Å². The van der Waals surface area contributed by atoms with Crippen molar-refractivity contribution in [3.05, 3.63) is 218 Å². The fourth-order valence-electron chi connectivity index (χ4n) is 11.4. The monoisotopic (exact) mass is 841 g/mol. The molecule has 13 aromatic rings. The minimum absolute atomic E-state index is 0.200. The lowest BCUT2D eigenvalue weighted by Gasteiger charge is -2.34. The van der Waals surface area contributed by atoms with E-state index in [1.165, 1.54) is 16.3 Å². The third-order valence-corrected chi connectivity index (χ3v) is 14.1. The number of aromatic nitrogens is 3. The van der Waals surface area contributed by atoms with E-state index in [4.69, 9.17) is 9.47 Å². The Bertz CT molecular complexity index is 4160. The van der Waals surface area contributed by atoms with Gasteiger partial charge < -0.3 is 23.2 Å². The van der Waals surface area contributed by atoms with Crippen molar-refractivity contribution in [2.45, 2.75) is 0 Å². The summed E-state index contributed by atoms with van der Waals surface area (Å²) in [6.07, 6.45) is 0. The Morgan fingerprint density at radius 3 is 1.41 bits per heavy atom. The van der Waals surface area contributed by atoms with Gasteiger partial charge >= 0.3 is 0 Å². The van der Waals surface area contributed by atoms with E-state index in [-0.39, 0.29) is 6.71 Å². The van der Waals surface area contributed by atoms with Crippen molar-refractivity contribution in [1.82, 2.24) is 13.7 Å². The summed E-state index contributed by atoms with van der Waals surface area (Å²) < 4.78 is 22.4. The molecule has 6 heteroatoms. The Morgan fingerprint density at radius 2 is 0.803 bits per heavy atom. The van der Waals surface area contributed by atoms with Gasteiger partial charge in [-0.25, -0.2) is 0 Å². The van der Waals surface area contributed by atoms with Crippen LogP contribution in [0.3, 0.4) is 0 Å². The minimum atomic E-state index is -0.200. The molecule has 2 aliphatic rings. The van der Waals surface area contributed by atoms with E-state index in [9.17, 15) is 0 Å². The highest BCUT2D eigenvalue weighted by molar-refractivity contribution is 6.99. The average Bonchev–Trinajstić information content (AvgIpc) is 4.03. The summed E-state index contributed by atoms with van der Waals surface area (Å²) in [4.78, 5) is 0. The Hall–Kier alpha value is -8.74. The predicted molar refractivity (Wildman–Crippen MR) is 273 cm³/mol. The molecule has 0 saturated carbocycles. The normalized spacial score (nSPS) is 12.8. The molecule has 0 unspecified atom stereocenters. The SMILES string of the molecule is c1ccc(-c2cccc(-n3c4ccccc4c4c5c6c(cc43)Oc3c(ccc4c7ccccc7n(-c7ccccc7)c34)B6c3ccc4c6ccccc6n(-c6ccccc6)c4c3O5)c2)cc1. The summed E-state index contributed by atoms with van der Waals surface area (Å²) in [5.41, 5.74) is 15.3. The second kappa shape index (κ2) is 13.4. The Kier molecular flexibility index (Phi) is 7.24. The van der Waals surface area contributed by atoms with Crippen molar-refractivity contribution in [2.75, 3.05) is 0 Å². The zero-order valence-electron chi connectivity index (χ0n) is 35.5. The molecule has 0 saturated heterocycles. The van der Waals surface area contributed by atoms with Gasteiger partial charge in [-0.3, -0.25) is 0 Å². The highest BCUT2D eigenvalue weighted by Crippen LogP contribution is 2.49. The first-order valence-corrected chi connectivity index (χ1v) is 22.6. The maximum Gasteiger partial charge on any atom is 0.260 e. The number of nitrogens with zero attached hydrogens (tertiary/aromatic N) is 3. The van der Waals surface area contributed by atoms with Gasteiger partial charge in [0.15, 0.2) is 0 Å². The summed E-state index contributed by atoms with van der Waals surface area (Å²) in [7, 11) is 0. The number of rotatable bonds is 4. The molecule has 0 aliphatic carbocycles. The highest BCUT2D eigenvalue weighted by atomic mass is 16.5. The molecule has 10 aromatic carbocycles. The van der Waals surface area contributed by atoms with E-state index >= 15 is 0 Å². The van der Waals surface area contributed by atoms with Crippen molar-refractivity contribution >= 4 is 88.5 Å². The molecule has 15 rings (SSSR count). The van der Waals surface area contributed by atoms with Crippen LogP contribution in [0.1, 0.15) is 0 Å². The minimum Gasteiger partial charge on any atom is -0.456 e. The summed E-state index contributed by atoms with van der Waals surface area (Å²) in [6, 6.07) is 78.6. The summed E-state index contributed by atoms with van der Waals surface area (Å²) in [5.74, 6) is 3.36. The number of ether oxygens (including phenoxy) is 2. The Morgan fingerprint density at radius 1 is 0.318 bits per heavy atom. The molecule has 306 valence electrons. The molecule has 0 spiro atoms. The van der Waals surface area contributed by atoms with Gasteiger partial charge in [-0.05, 0) is 76.6 Å². The maximum absolute atomic E-state index is 7.72. The molecular weight excluding hydrogens is 805 g/mol. The van der Waals surface area contributed by atoms with E-state index in [2.05, 4.69) is 232 Å². The lowest BCUT2D eigenvalue weighted by atomic mass is 9.34. The Labute approximate surface area is 379 Å². The lowest BCUT2D eigenvalue weighted by Crippen LogP contribution is -2.57. The van der Waals surface area contributed by atoms with E-state index in [0.717, 1.165) is 117 Å². The molecule has 0 amide bonds. The molecule has 0 radical (unpaired) electrons. The van der Waals surface area contributed by atoms with Crippen molar-refractivity contribution in [2.24, 2.45) is 0 Å². The van der Waals surface area contributed by atoms with Gasteiger partial charge in [0.25, 0.3) is 6.71 Å². The number of hydrogen-bond donors (Lipinski definition) is 0. The van der Waals surface area contributed by atoms with Crippen molar-refractivity contribution in [3.8, 4) is 51.2 Å². The second-order valence-electron chi connectivity index (χ2n) is 17.6. The van der Waals surface area contributed by atoms with E-state index in [0.29, 0.717) is 0 Å². The van der Waals surface area contributed by atoms with Crippen LogP contribution >= 0.6 is 0 Å². The molecule has 0 N–H and O–H groups in total. The van der Waals surface area contributed by atoms with Crippen LogP contribution in [-0.2, 0) is 0 Å². The van der Waals surface area contributed by atoms with Crippen molar-refractivity contribution < 1.29 is 9.47 Å². The quantitative estimate of drug-likeness (QED) is 0.165. The molecule has 0 fully saturated rings. The van der Waals surface area contributed by atoms with Gasteiger partial charge in [-0.15, -0.1) is 0 Å². The van der Waals surface area contributed by atoms with Crippen LogP contribution in [0.4, 0.5) is 0 Å². The summed E-state index contributed by atoms with van der Waals surface area (Å²) in [5, 5.41) is 6.86. The van der Waals surface area contributed by atoms with Gasteiger partial charge in [-0.1, -0.05) is 158 Å². The molecule has 5 nitrogen and oxygen atoms in total. The molecule has 5 heterocycles. The standard InChI is InChI=1S/C60H36BN3O2/c1-4-17-37(18-5-1)38-19-16-24-41(35-38)62-51-30-15-12-27-46(51)54-52(62)36-53-55-60(54)66-59-48(34-32-45-43-26-11-14-29-50(43)64(57(45)59)40-22-8-3-9-23-40)61(55)47-33-31-44-42-25-10-13-28-49(42)63(56(44)58(47)65-53)39-20-6-2-7-21-39/h1-36H. The van der Waals surface area contributed by atoms with E-state index < -0.39 is 0 Å². The first-order valence-electron chi connectivity index (χ1n) is 22.6. The Balaban J connectivity index is 1.10. The molecular formula is C60H36BN3O2. The fraction of sp³-hybridized carbons (Fsp3) is 0. The van der Waals surface area contributed by atoms with Crippen LogP contribution in [0.5, 0.6) is 23.0 Å². The maximum atomic E-state index is 7.72. The van der Waals surface area contributed by atoms with E-state index in [1.807, 2.05) is 0 Å².